The van der Waals surface area contributed by atoms with Gasteiger partial charge in [-0.1, -0.05) is 73.7 Å². The highest BCUT2D eigenvalue weighted by molar-refractivity contribution is 5.64. The number of aryl methyl sites for hydroxylation is 2. The van der Waals surface area contributed by atoms with E-state index < -0.39 is 0 Å². The van der Waals surface area contributed by atoms with E-state index in [1.54, 1.807) is 7.11 Å². The summed E-state index contributed by atoms with van der Waals surface area (Å²) in [6, 6.07) is 26.0. The molecule has 0 unspecified atom stereocenters. The first kappa shape index (κ1) is 20.9. The molecule has 1 nitrogen and oxygen atoms in total. The minimum Gasteiger partial charge on any atom is -0.385 e. The van der Waals surface area contributed by atoms with Gasteiger partial charge in [0, 0.05) is 24.8 Å². The molecular formula is C28H30O. The van der Waals surface area contributed by atoms with Crippen molar-refractivity contribution in [2.45, 2.75) is 39.0 Å². The molecule has 3 rings (SSSR count). The summed E-state index contributed by atoms with van der Waals surface area (Å²) in [7, 11) is 1.75. The van der Waals surface area contributed by atoms with Gasteiger partial charge >= 0.3 is 0 Å². The normalized spacial score (nSPS) is 10.4. The van der Waals surface area contributed by atoms with Gasteiger partial charge in [-0.25, -0.2) is 0 Å². The SMILES string of the molecule is CCCCc1ccc(-c2ccc(C#Cc3ccc(CCCOC)cc3)cc2)cc1. The Morgan fingerprint density at radius 2 is 1.07 bits per heavy atom. The van der Waals surface area contributed by atoms with Gasteiger partial charge in [0.25, 0.3) is 0 Å². The lowest BCUT2D eigenvalue weighted by molar-refractivity contribution is 0.195. The Hall–Kier alpha value is -2.82. The summed E-state index contributed by atoms with van der Waals surface area (Å²) in [5.41, 5.74) is 7.33. The molecule has 0 aliphatic carbocycles. The van der Waals surface area contributed by atoms with Crippen LogP contribution in [0.4, 0.5) is 0 Å². The van der Waals surface area contributed by atoms with Crippen molar-refractivity contribution in [1.82, 2.24) is 0 Å². The smallest absolute Gasteiger partial charge is 0.0465 e. The van der Waals surface area contributed by atoms with Crippen molar-refractivity contribution in [3.63, 3.8) is 0 Å². The number of rotatable bonds is 8. The van der Waals surface area contributed by atoms with Gasteiger partial charge in [-0.05, 0) is 72.2 Å². The first-order chi connectivity index (χ1) is 14.3. The largest absolute Gasteiger partial charge is 0.385 e. The lowest BCUT2D eigenvalue weighted by atomic mass is 10.0. The number of hydrogen-bond acceptors (Lipinski definition) is 1. The van der Waals surface area contributed by atoms with E-state index in [1.165, 1.54) is 41.5 Å². The molecule has 3 aromatic rings. The van der Waals surface area contributed by atoms with Crippen molar-refractivity contribution in [1.29, 1.82) is 0 Å². The van der Waals surface area contributed by atoms with Crippen LogP contribution in [0.1, 0.15) is 48.4 Å². The third-order valence-corrected chi connectivity index (χ3v) is 5.11. The van der Waals surface area contributed by atoms with E-state index in [9.17, 15) is 0 Å². The summed E-state index contributed by atoms with van der Waals surface area (Å²) in [6.45, 7) is 3.04. The fraction of sp³-hybridized carbons (Fsp3) is 0.286. The minimum absolute atomic E-state index is 0.806. The van der Waals surface area contributed by atoms with Gasteiger partial charge in [0.05, 0.1) is 0 Å². The van der Waals surface area contributed by atoms with Crippen LogP contribution in [0, 0.1) is 11.8 Å². The third-order valence-electron chi connectivity index (χ3n) is 5.11. The second-order valence-corrected chi connectivity index (χ2v) is 7.42. The van der Waals surface area contributed by atoms with Crippen LogP contribution in [0.2, 0.25) is 0 Å². The molecule has 0 aliphatic rings. The Labute approximate surface area is 175 Å². The summed E-state index contributed by atoms with van der Waals surface area (Å²) in [5.74, 6) is 6.54. The highest BCUT2D eigenvalue weighted by Crippen LogP contribution is 2.21. The van der Waals surface area contributed by atoms with Crippen molar-refractivity contribution in [3.8, 4) is 23.0 Å². The maximum atomic E-state index is 5.11. The molecule has 0 saturated carbocycles. The molecule has 0 radical (unpaired) electrons. The summed E-state index contributed by atoms with van der Waals surface area (Å²) in [4.78, 5) is 0. The molecule has 0 N–H and O–H groups in total. The molecule has 0 aromatic heterocycles. The van der Waals surface area contributed by atoms with Crippen molar-refractivity contribution in [2.24, 2.45) is 0 Å². The Kier molecular flexibility index (Phi) is 8.11. The summed E-state index contributed by atoms with van der Waals surface area (Å²) in [6.07, 6.45) is 5.75. The molecule has 29 heavy (non-hydrogen) atoms. The molecule has 0 bridgehead atoms. The monoisotopic (exact) mass is 382 g/mol. The molecule has 0 heterocycles. The Bertz CT molecular complexity index is 923. The molecule has 0 saturated heterocycles. The zero-order chi connectivity index (χ0) is 20.3. The Morgan fingerprint density at radius 3 is 1.59 bits per heavy atom. The number of benzene rings is 3. The average molecular weight is 383 g/mol. The first-order valence-electron chi connectivity index (χ1n) is 10.6. The lowest BCUT2D eigenvalue weighted by Gasteiger charge is -2.04. The fourth-order valence-corrected chi connectivity index (χ4v) is 3.31. The molecule has 0 aliphatic heterocycles. The van der Waals surface area contributed by atoms with Crippen LogP contribution in [-0.2, 0) is 17.6 Å². The van der Waals surface area contributed by atoms with E-state index in [0.717, 1.165) is 30.6 Å². The van der Waals surface area contributed by atoms with E-state index in [-0.39, 0.29) is 0 Å². The summed E-state index contributed by atoms with van der Waals surface area (Å²) < 4.78 is 5.11. The minimum atomic E-state index is 0.806. The van der Waals surface area contributed by atoms with E-state index in [4.69, 9.17) is 4.74 Å². The quantitative estimate of drug-likeness (QED) is 0.312. The van der Waals surface area contributed by atoms with Crippen LogP contribution in [0.5, 0.6) is 0 Å². The van der Waals surface area contributed by atoms with Crippen LogP contribution >= 0.6 is 0 Å². The molecule has 148 valence electrons. The van der Waals surface area contributed by atoms with Crippen LogP contribution in [0.3, 0.4) is 0 Å². The second kappa shape index (κ2) is 11.2. The van der Waals surface area contributed by atoms with E-state index >= 15 is 0 Å². The Balaban J connectivity index is 1.61. The van der Waals surface area contributed by atoms with Gasteiger partial charge in [0.1, 0.15) is 0 Å². The van der Waals surface area contributed by atoms with Crippen LogP contribution in [0.25, 0.3) is 11.1 Å². The van der Waals surface area contributed by atoms with E-state index in [2.05, 4.69) is 91.6 Å². The summed E-state index contributed by atoms with van der Waals surface area (Å²) >= 11 is 0. The maximum absolute atomic E-state index is 5.11. The maximum Gasteiger partial charge on any atom is 0.0465 e. The van der Waals surface area contributed by atoms with Crippen LogP contribution < -0.4 is 0 Å². The number of methoxy groups -OCH3 is 1. The zero-order valence-corrected chi connectivity index (χ0v) is 17.6. The summed E-state index contributed by atoms with van der Waals surface area (Å²) in [5, 5.41) is 0. The zero-order valence-electron chi connectivity index (χ0n) is 17.6. The van der Waals surface area contributed by atoms with Gasteiger partial charge in [-0.3, -0.25) is 0 Å². The molecule has 1 heteroatoms. The highest BCUT2D eigenvalue weighted by Gasteiger charge is 1.99. The van der Waals surface area contributed by atoms with Crippen LogP contribution in [-0.4, -0.2) is 13.7 Å². The van der Waals surface area contributed by atoms with Gasteiger partial charge < -0.3 is 4.74 Å². The van der Waals surface area contributed by atoms with Gasteiger partial charge in [0.2, 0.25) is 0 Å². The average Bonchev–Trinajstić information content (AvgIpc) is 2.78. The standard InChI is InChI=1S/C28H30O/c1-3-4-6-23-14-18-27(19-15-23)28-20-16-26(17-21-28)13-12-25-10-8-24(9-11-25)7-5-22-29-2/h8-11,14-21H,3-7,22H2,1-2H3. The van der Waals surface area contributed by atoms with Crippen molar-refractivity contribution >= 4 is 0 Å². The number of hydrogen-bond donors (Lipinski definition) is 0. The Morgan fingerprint density at radius 1 is 0.621 bits per heavy atom. The topological polar surface area (TPSA) is 9.23 Å². The van der Waals surface area contributed by atoms with Crippen molar-refractivity contribution in [3.05, 3.63) is 95.1 Å². The molecule has 0 atom stereocenters. The second-order valence-electron chi connectivity index (χ2n) is 7.42. The molecule has 3 aromatic carbocycles. The van der Waals surface area contributed by atoms with Gasteiger partial charge in [0.15, 0.2) is 0 Å². The highest BCUT2D eigenvalue weighted by atomic mass is 16.5. The predicted molar refractivity (Wildman–Crippen MR) is 123 cm³/mol. The predicted octanol–water partition coefficient (Wildman–Crippen LogP) is 6.68. The van der Waals surface area contributed by atoms with E-state index in [1.807, 2.05) is 0 Å². The first-order valence-corrected chi connectivity index (χ1v) is 10.6. The fourth-order valence-electron chi connectivity index (χ4n) is 3.31. The van der Waals surface area contributed by atoms with Crippen molar-refractivity contribution < 1.29 is 4.74 Å². The van der Waals surface area contributed by atoms with Crippen LogP contribution in [0.15, 0.2) is 72.8 Å². The van der Waals surface area contributed by atoms with Gasteiger partial charge in [-0.2, -0.15) is 0 Å². The third kappa shape index (κ3) is 6.63. The number of ether oxygens (including phenoxy) is 1. The molecule has 0 amide bonds. The molecular weight excluding hydrogens is 352 g/mol. The van der Waals surface area contributed by atoms with Gasteiger partial charge in [-0.15, -0.1) is 0 Å². The lowest BCUT2D eigenvalue weighted by Crippen LogP contribution is -1.92. The number of unbranched alkanes of at least 4 members (excludes halogenated alkanes) is 1. The van der Waals surface area contributed by atoms with Crippen molar-refractivity contribution in [2.75, 3.05) is 13.7 Å². The molecule has 0 spiro atoms. The molecule has 0 fully saturated rings. The van der Waals surface area contributed by atoms with E-state index in [0.29, 0.717) is 0 Å².